The van der Waals surface area contributed by atoms with E-state index < -0.39 is 34.2 Å². The Morgan fingerprint density at radius 3 is 2.31 bits per heavy atom. The van der Waals surface area contributed by atoms with Crippen molar-refractivity contribution in [2.24, 2.45) is 0 Å². The molecule has 3 aromatic carbocycles. The van der Waals surface area contributed by atoms with E-state index in [4.69, 9.17) is 9.47 Å². The summed E-state index contributed by atoms with van der Waals surface area (Å²) in [6.45, 7) is 1.55. The van der Waals surface area contributed by atoms with Crippen molar-refractivity contribution >= 4 is 33.4 Å². The lowest BCUT2D eigenvalue weighted by atomic mass is 10.2. The summed E-state index contributed by atoms with van der Waals surface area (Å²) in [5, 5.41) is 2.66. The second-order valence-corrected chi connectivity index (χ2v) is 11.5. The highest BCUT2D eigenvalue weighted by atomic mass is 32.2. The maximum Gasteiger partial charge on any atom is 0.416 e. The molecular formula is C27H29F3N2O5S2. The molecule has 0 bridgehead atoms. The van der Waals surface area contributed by atoms with Crippen LogP contribution in [0.25, 0.3) is 0 Å². The van der Waals surface area contributed by atoms with Gasteiger partial charge in [0.05, 0.1) is 30.4 Å². The Morgan fingerprint density at radius 1 is 0.974 bits per heavy atom. The van der Waals surface area contributed by atoms with Gasteiger partial charge in [0.1, 0.15) is 6.54 Å². The van der Waals surface area contributed by atoms with E-state index in [0.717, 1.165) is 22.6 Å². The highest BCUT2D eigenvalue weighted by molar-refractivity contribution is 7.99. The van der Waals surface area contributed by atoms with Crippen LogP contribution in [0.3, 0.4) is 0 Å². The van der Waals surface area contributed by atoms with Crippen LogP contribution in [0.2, 0.25) is 0 Å². The number of ether oxygens (including phenoxy) is 2. The van der Waals surface area contributed by atoms with E-state index in [1.165, 1.54) is 38.5 Å². The fraction of sp³-hybridized carbons (Fsp3) is 0.296. The summed E-state index contributed by atoms with van der Waals surface area (Å²) in [5.41, 5.74) is -0.189. The number of hydrogen-bond donors (Lipinski definition) is 1. The van der Waals surface area contributed by atoms with Crippen molar-refractivity contribution in [3.8, 4) is 11.5 Å². The fourth-order valence-corrected chi connectivity index (χ4v) is 5.85. The molecule has 0 aliphatic heterocycles. The van der Waals surface area contributed by atoms with E-state index in [0.29, 0.717) is 22.5 Å². The predicted octanol–water partition coefficient (Wildman–Crippen LogP) is 5.52. The lowest BCUT2D eigenvalue weighted by molar-refractivity contribution is -0.137. The second-order valence-electron chi connectivity index (χ2n) is 8.44. The second kappa shape index (κ2) is 13.1. The molecule has 1 amide bonds. The summed E-state index contributed by atoms with van der Waals surface area (Å²) in [6, 6.07) is 15.6. The van der Waals surface area contributed by atoms with Gasteiger partial charge in [-0.25, -0.2) is 8.42 Å². The van der Waals surface area contributed by atoms with Gasteiger partial charge in [-0.05, 0) is 61.6 Å². The number of hydrogen-bond acceptors (Lipinski definition) is 6. The molecule has 0 saturated carbocycles. The summed E-state index contributed by atoms with van der Waals surface area (Å²) in [7, 11) is -1.78. The lowest BCUT2D eigenvalue weighted by Crippen LogP contribution is -2.41. The zero-order valence-corrected chi connectivity index (χ0v) is 23.3. The van der Waals surface area contributed by atoms with Gasteiger partial charge in [0.25, 0.3) is 10.0 Å². The first-order chi connectivity index (χ1) is 18.5. The maximum absolute atomic E-state index is 13.6. The number of carbonyl (C=O) groups is 1. The van der Waals surface area contributed by atoms with Gasteiger partial charge in [-0.2, -0.15) is 13.2 Å². The van der Waals surface area contributed by atoms with E-state index in [1.807, 2.05) is 31.2 Å². The third-order valence-corrected chi connectivity index (χ3v) is 8.49. The number of nitrogens with one attached hydrogen (secondary N) is 1. The average molecular weight is 583 g/mol. The Hall–Kier alpha value is -3.38. The lowest BCUT2D eigenvalue weighted by Gasteiger charge is -2.25. The van der Waals surface area contributed by atoms with Crippen molar-refractivity contribution in [3.63, 3.8) is 0 Å². The summed E-state index contributed by atoms with van der Waals surface area (Å²) >= 11 is 1.62. The SMILES string of the molecule is COc1ccc(S(=O)(=O)N(CC(=O)NCCCSc2ccc(C)cc2)c2cccc(C(F)(F)F)c2)cc1OC. The molecule has 0 heterocycles. The number of aryl methyl sites for hydroxylation is 1. The quantitative estimate of drug-likeness (QED) is 0.224. The van der Waals surface area contributed by atoms with Crippen LogP contribution in [0, 0.1) is 6.92 Å². The van der Waals surface area contributed by atoms with E-state index in [9.17, 15) is 26.4 Å². The molecule has 0 aromatic heterocycles. The molecule has 0 aliphatic carbocycles. The van der Waals surface area contributed by atoms with E-state index in [-0.39, 0.29) is 28.6 Å². The number of benzene rings is 3. The number of carbonyl (C=O) groups excluding carboxylic acids is 1. The summed E-state index contributed by atoms with van der Waals surface area (Å²) in [4.78, 5) is 13.6. The molecule has 1 N–H and O–H groups in total. The standard InChI is InChI=1S/C27H29F3N2O5S2/c1-19-8-10-22(11-9-19)38-15-5-14-31-26(33)18-32(21-7-4-6-20(16-21)27(28,29)30)39(34,35)23-12-13-24(36-2)25(17-23)37-3/h4,6-13,16-17H,5,14-15,18H2,1-3H3,(H,31,33). The first-order valence-corrected chi connectivity index (χ1v) is 14.3. The first kappa shape index (κ1) is 30.2. The average Bonchev–Trinajstić information content (AvgIpc) is 2.91. The van der Waals surface area contributed by atoms with Crippen molar-refractivity contribution < 1.29 is 35.9 Å². The van der Waals surface area contributed by atoms with Crippen LogP contribution in [0.1, 0.15) is 17.5 Å². The molecule has 0 atom stereocenters. The molecule has 3 aromatic rings. The van der Waals surface area contributed by atoms with E-state index in [2.05, 4.69) is 5.32 Å². The highest BCUT2D eigenvalue weighted by Crippen LogP contribution is 2.35. The first-order valence-electron chi connectivity index (χ1n) is 11.8. The third kappa shape index (κ3) is 8.06. The monoisotopic (exact) mass is 582 g/mol. The van der Waals surface area contributed by atoms with Gasteiger partial charge < -0.3 is 14.8 Å². The minimum Gasteiger partial charge on any atom is -0.493 e. The van der Waals surface area contributed by atoms with Crippen LogP contribution in [-0.2, 0) is 21.0 Å². The van der Waals surface area contributed by atoms with Gasteiger partial charge in [-0.3, -0.25) is 9.10 Å². The largest absolute Gasteiger partial charge is 0.493 e. The van der Waals surface area contributed by atoms with Gasteiger partial charge >= 0.3 is 6.18 Å². The molecule has 0 saturated heterocycles. The molecule has 12 heteroatoms. The van der Waals surface area contributed by atoms with Crippen molar-refractivity contribution in [1.29, 1.82) is 0 Å². The predicted molar refractivity (Wildman–Crippen MR) is 145 cm³/mol. The number of nitrogens with zero attached hydrogens (tertiary/aromatic N) is 1. The Bertz CT molecular complexity index is 1380. The van der Waals surface area contributed by atoms with Crippen molar-refractivity contribution in [3.05, 3.63) is 77.9 Å². The number of methoxy groups -OCH3 is 2. The Morgan fingerprint density at radius 2 is 1.67 bits per heavy atom. The number of halogens is 3. The van der Waals surface area contributed by atoms with Crippen LogP contribution in [0.5, 0.6) is 11.5 Å². The zero-order chi connectivity index (χ0) is 28.6. The van der Waals surface area contributed by atoms with Crippen LogP contribution in [0.4, 0.5) is 18.9 Å². The molecule has 0 spiro atoms. The van der Waals surface area contributed by atoms with E-state index >= 15 is 0 Å². The molecule has 3 rings (SSSR count). The maximum atomic E-state index is 13.6. The van der Waals surface area contributed by atoms with Crippen molar-refractivity contribution in [1.82, 2.24) is 5.32 Å². The number of thioether (sulfide) groups is 1. The molecule has 0 radical (unpaired) electrons. The summed E-state index contributed by atoms with van der Waals surface area (Å²) in [6.07, 6.45) is -4.09. The third-order valence-electron chi connectivity index (χ3n) is 5.62. The Balaban J connectivity index is 1.79. The van der Waals surface area contributed by atoms with Gasteiger partial charge in [0, 0.05) is 17.5 Å². The smallest absolute Gasteiger partial charge is 0.416 e. The molecule has 210 valence electrons. The topological polar surface area (TPSA) is 84.9 Å². The van der Waals surface area contributed by atoms with Gasteiger partial charge in [0.15, 0.2) is 11.5 Å². The van der Waals surface area contributed by atoms with Gasteiger partial charge in [0.2, 0.25) is 5.91 Å². The molecule has 0 unspecified atom stereocenters. The molecule has 0 fully saturated rings. The van der Waals surface area contributed by atoms with E-state index in [1.54, 1.807) is 11.8 Å². The molecule has 7 nitrogen and oxygen atoms in total. The zero-order valence-electron chi connectivity index (χ0n) is 21.6. The van der Waals surface area contributed by atoms with Crippen LogP contribution in [0.15, 0.2) is 76.5 Å². The summed E-state index contributed by atoms with van der Waals surface area (Å²) < 4.78 is 78.4. The van der Waals surface area contributed by atoms with Crippen LogP contribution >= 0.6 is 11.8 Å². The van der Waals surface area contributed by atoms with Crippen LogP contribution < -0.4 is 19.1 Å². The number of sulfonamides is 1. The van der Waals surface area contributed by atoms with Crippen LogP contribution in [-0.4, -0.2) is 47.4 Å². The number of anilines is 1. The van der Waals surface area contributed by atoms with Crippen molar-refractivity contribution in [2.75, 3.05) is 37.4 Å². The fourth-order valence-electron chi connectivity index (χ4n) is 3.57. The molecule has 0 aliphatic rings. The van der Waals surface area contributed by atoms with Crippen molar-refractivity contribution in [2.45, 2.75) is 29.3 Å². The molecule has 39 heavy (non-hydrogen) atoms. The minimum absolute atomic E-state index is 0.109. The normalized spacial score (nSPS) is 11.6. The Kier molecular flexibility index (Phi) is 10.1. The summed E-state index contributed by atoms with van der Waals surface area (Å²) in [5.74, 6) is 0.433. The minimum atomic E-state index is -4.70. The molecular weight excluding hydrogens is 553 g/mol. The number of rotatable bonds is 12. The van der Waals surface area contributed by atoms with Gasteiger partial charge in [-0.1, -0.05) is 23.8 Å². The van der Waals surface area contributed by atoms with Gasteiger partial charge in [-0.15, -0.1) is 11.8 Å². The Labute approximate surface area is 230 Å². The number of amides is 1. The number of alkyl halides is 3. The highest BCUT2D eigenvalue weighted by Gasteiger charge is 2.33.